The highest BCUT2D eigenvalue weighted by Crippen LogP contribution is 2.15. The van der Waals surface area contributed by atoms with E-state index in [2.05, 4.69) is 9.44 Å². The summed E-state index contributed by atoms with van der Waals surface area (Å²) in [6.07, 6.45) is 0. The van der Waals surface area contributed by atoms with Crippen LogP contribution in [0, 0.1) is 0 Å². The van der Waals surface area contributed by atoms with Gasteiger partial charge in [0.2, 0.25) is 20.0 Å². The maximum atomic E-state index is 12.1. The Morgan fingerprint density at radius 1 is 1.19 bits per heavy atom. The summed E-state index contributed by atoms with van der Waals surface area (Å²) in [6, 6.07) is 5.97. The lowest BCUT2D eigenvalue weighted by molar-refractivity contribution is 0.576. The number of sulfonamides is 2. The van der Waals surface area contributed by atoms with Crippen molar-refractivity contribution in [3.8, 4) is 0 Å². The summed E-state index contributed by atoms with van der Waals surface area (Å²) in [5, 5.41) is 0. The van der Waals surface area contributed by atoms with Gasteiger partial charge in [0, 0.05) is 19.1 Å². The Kier molecular flexibility index (Phi) is 6.29. The highest BCUT2D eigenvalue weighted by Gasteiger charge is 2.16. The average Bonchev–Trinajstić information content (AvgIpc) is 2.38. The van der Waals surface area contributed by atoms with Gasteiger partial charge in [0.1, 0.15) is 0 Å². The van der Waals surface area contributed by atoms with Gasteiger partial charge in [-0.3, -0.25) is 0 Å². The Morgan fingerprint density at radius 3 is 2.43 bits per heavy atom. The van der Waals surface area contributed by atoms with E-state index in [-0.39, 0.29) is 29.8 Å². The summed E-state index contributed by atoms with van der Waals surface area (Å²) < 4.78 is 51.6. The summed E-state index contributed by atoms with van der Waals surface area (Å²) in [7, 11) is -7.21. The van der Waals surface area contributed by atoms with Crippen molar-refractivity contribution < 1.29 is 16.8 Å². The van der Waals surface area contributed by atoms with Gasteiger partial charge in [-0.1, -0.05) is 19.1 Å². The van der Waals surface area contributed by atoms with Crippen LogP contribution in [0.25, 0.3) is 0 Å². The fraction of sp³-hybridized carbons (Fsp3) is 0.500. The molecule has 1 aromatic carbocycles. The van der Waals surface area contributed by atoms with E-state index in [1.54, 1.807) is 26.0 Å². The molecule has 1 atom stereocenters. The van der Waals surface area contributed by atoms with E-state index in [4.69, 9.17) is 5.73 Å². The maximum absolute atomic E-state index is 12.1. The van der Waals surface area contributed by atoms with Gasteiger partial charge in [0.15, 0.2) is 0 Å². The molecule has 0 aromatic heterocycles. The Labute approximate surface area is 126 Å². The molecule has 120 valence electrons. The molecule has 0 heterocycles. The van der Waals surface area contributed by atoms with Gasteiger partial charge in [-0.2, -0.15) is 0 Å². The monoisotopic (exact) mass is 335 g/mol. The van der Waals surface area contributed by atoms with Crippen molar-refractivity contribution in [2.24, 2.45) is 5.73 Å². The van der Waals surface area contributed by atoms with Gasteiger partial charge in [-0.25, -0.2) is 26.3 Å². The van der Waals surface area contributed by atoms with Gasteiger partial charge in [0.05, 0.1) is 10.6 Å². The zero-order valence-corrected chi connectivity index (χ0v) is 13.7. The first kappa shape index (κ1) is 18.1. The molecular weight excluding hydrogens is 314 g/mol. The van der Waals surface area contributed by atoms with Crippen LogP contribution >= 0.6 is 0 Å². The highest BCUT2D eigenvalue weighted by molar-refractivity contribution is 7.90. The number of hydrogen-bond donors (Lipinski definition) is 3. The Hall–Kier alpha value is -1.00. The third-order valence-electron chi connectivity index (χ3n) is 2.72. The van der Waals surface area contributed by atoms with Crippen LogP contribution in [0.5, 0.6) is 0 Å². The molecule has 0 aliphatic heterocycles. The van der Waals surface area contributed by atoms with Gasteiger partial charge in [0.25, 0.3) is 0 Å². The molecule has 7 nitrogen and oxygen atoms in total. The van der Waals surface area contributed by atoms with Crippen LogP contribution in [0.3, 0.4) is 0 Å². The minimum atomic E-state index is -3.75. The quantitative estimate of drug-likeness (QED) is 0.614. The molecule has 21 heavy (non-hydrogen) atoms. The summed E-state index contributed by atoms with van der Waals surface area (Å²) in [4.78, 5) is 0.0677. The molecular formula is C12H21N3O4S2. The number of benzene rings is 1. The predicted octanol–water partition coefficient (Wildman–Crippen LogP) is -0.0761. The Bertz CT molecular complexity index is 669. The maximum Gasteiger partial charge on any atom is 0.240 e. The minimum absolute atomic E-state index is 0.0677. The van der Waals surface area contributed by atoms with Gasteiger partial charge in [-0.15, -0.1) is 0 Å². The number of nitrogens with two attached hydrogens (primary N) is 1. The van der Waals surface area contributed by atoms with Crippen LogP contribution in [0.1, 0.15) is 25.5 Å². The van der Waals surface area contributed by atoms with Crippen molar-refractivity contribution in [2.75, 3.05) is 18.8 Å². The smallest absolute Gasteiger partial charge is 0.240 e. The zero-order valence-electron chi connectivity index (χ0n) is 12.0. The SMILES string of the molecule is CCNS(=O)(=O)CCNS(=O)(=O)c1cccc(C(C)N)c1. The lowest BCUT2D eigenvalue weighted by Gasteiger charge is -2.10. The van der Waals surface area contributed by atoms with E-state index in [0.29, 0.717) is 5.56 Å². The molecule has 4 N–H and O–H groups in total. The molecule has 0 bridgehead atoms. The molecule has 0 aliphatic rings. The van der Waals surface area contributed by atoms with Gasteiger partial charge in [-0.05, 0) is 24.6 Å². The molecule has 0 saturated heterocycles. The fourth-order valence-electron chi connectivity index (χ4n) is 1.65. The topological polar surface area (TPSA) is 118 Å². The summed E-state index contributed by atoms with van der Waals surface area (Å²) in [6.45, 7) is 3.48. The predicted molar refractivity (Wildman–Crippen MR) is 81.7 cm³/mol. The van der Waals surface area contributed by atoms with Gasteiger partial charge < -0.3 is 5.73 Å². The molecule has 0 radical (unpaired) electrons. The number of nitrogens with one attached hydrogen (secondary N) is 2. The van der Waals surface area contributed by atoms with E-state index in [1.807, 2.05) is 0 Å². The molecule has 0 saturated carbocycles. The normalized spacial score (nSPS) is 14.0. The third kappa shape index (κ3) is 5.71. The van der Waals surface area contributed by atoms with E-state index in [1.165, 1.54) is 12.1 Å². The van der Waals surface area contributed by atoms with Crippen LogP contribution in [0.4, 0.5) is 0 Å². The second kappa shape index (κ2) is 7.32. The lowest BCUT2D eigenvalue weighted by Crippen LogP contribution is -2.34. The second-order valence-electron chi connectivity index (χ2n) is 4.58. The average molecular weight is 335 g/mol. The molecule has 1 aromatic rings. The van der Waals surface area contributed by atoms with E-state index in [0.717, 1.165) is 0 Å². The Balaban J connectivity index is 2.76. The van der Waals surface area contributed by atoms with E-state index in [9.17, 15) is 16.8 Å². The molecule has 0 fully saturated rings. The van der Waals surface area contributed by atoms with Crippen molar-refractivity contribution >= 4 is 20.0 Å². The van der Waals surface area contributed by atoms with Crippen molar-refractivity contribution in [3.63, 3.8) is 0 Å². The fourth-order valence-corrected chi connectivity index (χ4v) is 3.82. The summed E-state index contributed by atoms with van der Waals surface area (Å²) >= 11 is 0. The third-order valence-corrected chi connectivity index (χ3v) is 5.65. The van der Waals surface area contributed by atoms with Crippen molar-refractivity contribution in [2.45, 2.75) is 24.8 Å². The van der Waals surface area contributed by atoms with E-state index < -0.39 is 20.0 Å². The van der Waals surface area contributed by atoms with Crippen LogP contribution in [0.15, 0.2) is 29.2 Å². The molecule has 9 heteroatoms. The van der Waals surface area contributed by atoms with E-state index >= 15 is 0 Å². The largest absolute Gasteiger partial charge is 0.324 e. The number of rotatable bonds is 8. The first-order valence-electron chi connectivity index (χ1n) is 6.50. The van der Waals surface area contributed by atoms with Crippen LogP contribution in [-0.4, -0.2) is 35.7 Å². The minimum Gasteiger partial charge on any atom is -0.324 e. The first-order chi connectivity index (χ1) is 9.68. The lowest BCUT2D eigenvalue weighted by atomic mass is 10.1. The van der Waals surface area contributed by atoms with Crippen molar-refractivity contribution in [3.05, 3.63) is 29.8 Å². The van der Waals surface area contributed by atoms with Crippen LogP contribution in [-0.2, 0) is 20.0 Å². The first-order valence-corrected chi connectivity index (χ1v) is 9.64. The standard InChI is InChI=1S/C12H21N3O4S2/c1-3-14-20(16,17)8-7-15-21(18,19)12-6-4-5-11(9-12)10(2)13/h4-6,9-10,14-15H,3,7-8,13H2,1-2H3. The second-order valence-corrected chi connectivity index (χ2v) is 8.27. The van der Waals surface area contributed by atoms with Gasteiger partial charge >= 0.3 is 0 Å². The summed E-state index contributed by atoms with van der Waals surface area (Å²) in [5.74, 6) is -0.312. The molecule has 1 rings (SSSR count). The summed E-state index contributed by atoms with van der Waals surface area (Å²) in [5.41, 5.74) is 6.41. The van der Waals surface area contributed by atoms with Crippen LogP contribution < -0.4 is 15.2 Å². The molecule has 0 amide bonds. The number of hydrogen-bond acceptors (Lipinski definition) is 5. The van der Waals surface area contributed by atoms with Crippen LogP contribution in [0.2, 0.25) is 0 Å². The van der Waals surface area contributed by atoms with Crippen molar-refractivity contribution in [1.29, 1.82) is 0 Å². The molecule has 1 unspecified atom stereocenters. The van der Waals surface area contributed by atoms with Crippen molar-refractivity contribution in [1.82, 2.24) is 9.44 Å². The molecule has 0 aliphatic carbocycles. The zero-order chi connectivity index (χ0) is 16.1. The highest BCUT2D eigenvalue weighted by atomic mass is 32.2. The Morgan fingerprint density at radius 2 is 1.86 bits per heavy atom. The molecule has 0 spiro atoms.